The van der Waals surface area contributed by atoms with Crippen LogP contribution in [0.25, 0.3) is 5.57 Å². The van der Waals surface area contributed by atoms with Crippen LogP contribution >= 0.6 is 0 Å². The summed E-state index contributed by atoms with van der Waals surface area (Å²) >= 11 is 0. The maximum absolute atomic E-state index is 13.9. The Morgan fingerprint density at radius 1 is 1.47 bits per heavy atom. The van der Waals surface area contributed by atoms with Gasteiger partial charge in [0.2, 0.25) is 0 Å². The van der Waals surface area contributed by atoms with Gasteiger partial charge in [-0.3, -0.25) is 0 Å². The lowest BCUT2D eigenvalue weighted by molar-refractivity contribution is 0.294. The summed E-state index contributed by atoms with van der Waals surface area (Å²) in [5.74, 6) is 0.177. The fourth-order valence-corrected chi connectivity index (χ4v) is 1.62. The van der Waals surface area contributed by atoms with E-state index in [1.54, 1.807) is 38.2 Å². The Balaban J connectivity index is 3.35. The molecule has 0 aliphatic heterocycles. The molecule has 19 heavy (non-hydrogen) atoms. The molecule has 3 N–H and O–H groups in total. The van der Waals surface area contributed by atoms with Gasteiger partial charge >= 0.3 is 0 Å². The van der Waals surface area contributed by atoms with Gasteiger partial charge in [0.05, 0.1) is 24.2 Å². The number of nitrogen functional groups attached to an aromatic ring is 1. The molecule has 1 rings (SSSR count). The summed E-state index contributed by atoms with van der Waals surface area (Å²) in [6, 6.07) is 5.31. The molecule has 0 radical (unpaired) electrons. The minimum atomic E-state index is -0.423. The SMILES string of the molecule is C=C/C(F)=C(\C=C(/C)OC)c1ccc(NC)c(N)c1. The monoisotopic (exact) mass is 262 g/mol. The number of hydrogen-bond acceptors (Lipinski definition) is 3. The largest absolute Gasteiger partial charge is 0.501 e. The van der Waals surface area contributed by atoms with E-state index in [0.29, 0.717) is 22.6 Å². The summed E-state index contributed by atoms with van der Waals surface area (Å²) in [6.45, 7) is 5.20. The molecule has 0 aliphatic carbocycles. The Morgan fingerprint density at radius 2 is 2.16 bits per heavy atom. The second kappa shape index (κ2) is 6.64. The average molecular weight is 262 g/mol. The summed E-state index contributed by atoms with van der Waals surface area (Å²) in [6.07, 6.45) is 2.78. The quantitative estimate of drug-likeness (QED) is 0.483. The van der Waals surface area contributed by atoms with E-state index in [1.165, 1.54) is 7.11 Å². The molecular weight excluding hydrogens is 243 g/mol. The molecule has 1 aromatic rings. The van der Waals surface area contributed by atoms with Gasteiger partial charge in [-0.1, -0.05) is 12.6 Å². The summed E-state index contributed by atoms with van der Waals surface area (Å²) in [5, 5.41) is 2.96. The number of hydrogen-bond donors (Lipinski definition) is 2. The van der Waals surface area contributed by atoms with E-state index < -0.39 is 5.83 Å². The number of rotatable bonds is 5. The van der Waals surface area contributed by atoms with Gasteiger partial charge in [-0.2, -0.15) is 0 Å². The fourth-order valence-electron chi connectivity index (χ4n) is 1.62. The minimum absolute atomic E-state index is 0.392. The van der Waals surface area contributed by atoms with Crippen LogP contribution in [-0.4, -0.2) is 14.2 Å². The Kier molecular flexibility index (Phi) is 5.18. The number of halogens is 1. The summed E-state index contributed by atoms with van der Waals surface area (Å²) in [7, 11) is 3.31. The third-order valence-electron chi connectivity index (χ3n) is 2.74. The Bertz CT molecular complexity index is 533. The molecule has 0 spiro atoms. The van der Waals surface area contributed by atoms with E-state index in [0.717, 1.165) is 11.8 Å². The van der Waals surface area contributed by atoms with Gasteiger partial charge in [-0.05, 0) is 36.8 Å². The molecule has 4 heteroatoms. The molecule has 0 aliphatic rings. The normalized spacial score (nSPS) is 12.7. The second-order valence-electron chi connectivity index (χ2n) is 3.98. The third-order valence-corrected chi connectivity index (χ3v) is 2.74. The first-order valence-corrected chi connectivity index (χ1v) is 5.85. The molecule has 102 valence electrons. The van der Waals surface area contributed by atoms with Gasteiger partial charge in [0, 0.05) is 12.6 Å². The number of methoxy groups -OCH3 is 1. The summed E-state index contributed by atoms with van der Waals surface area (Å²) in [4.78, 5) is 0. The van der Waals surface area contributed by atoms with E-state index in [4.69, 9.17) is 10.5 Å². The molecule has 0 aromatic heterocycles. The molecule has 0 fully saturated rings. The molecule has 0 atom stereocenters. The molecule has 0 saturated heterocycles. The topological polar surface area (TPSA) is 47.3 Å². The van der Waals surface area contributed by atoms with Gasteiger partial charge in [-0.25, -0.2) is 4.39 Å². The lowest BCUT2D eigenvalue weighted by atomic mass is 10.0. The van der Waals surface area contributed by atoms with Gasteiger partial charge in [0.25, 0.3) is 0 Å². The van der Waals surface area contributed by atoms with Crippen molar-refractivity contribution in [1.29, 1.82) is 0 Å². The molecule has 0 bridgehead atoms. The Morgan fingerprint density at radius 3 is 2.63 bits per heavy atom. The fraction of sp³-hybridized carbons (Fsp3) is 0.200. The van der Waals surface area contributed by atoms with Gasteiger partial charge in [-0.15, -0.1) is 0 Å². The number of nitrogens with two attached hydrogens (primary N) is 1. The molecule has 0 saturated carbocycles. The predicted octanol–water partition coefficient (Wildman–Crippen LogP) is 3.73. The van der Waals surface area contributed by atoms with Gasteiger partial charge in [0.15, 0.2) is 0 Å². The van der Waals surface area contributed by atoms with Gasteiger partial charge in [0.1, 0.15) is 5.83 Å². The van der Waals surface area contributed by atoms with Crippen LogP contribution in [0.5, 0.6) is 0 Å². The summed E-state index contributed by atoms with van der Waals surface area (Å²) < 4.78 is 19.0. The van der Waals surface area contributed by atoms with Crippen LogP contribution in [0.15, 0.2) is 48.5 Å². The van der Waals surface area contributed by atoms with Crippen molar-refractivity contribution in [2.45, 2.75) is 6.92 Å². The van der Waals surface area contributed by atoms with Crippen molar-refractivity contribution in [2.75, 3.05) is 25.2 Å². The number of benzene rings is 1. The van der Waals surface area contributed by atoms with Crippen LogP contribution in [-0.2, 0) is 4.74 Å². The van der Waals surface area contributed by atoms with Crippen molar-refractivity contribution in [3.05, 3.63) is 54.1 Å². The van der Waals surface area contributed by atoms with E-state index in [9.17, 15) is 4.39 Å². The van der Waals surface area contributed by atoms with Crippen molar-refractivity contribution >= 4 is 16.9 Å². The first-order chi connectivity index (χ1) is 9.03. The lowest BCUT2D eigenvalue weighted by Gasteiger charge is -2.10. The minimum Gasteiger partial charge on any atom is -0.501 e. The zero-order valence-corrected chi connectivity index (χ0v) is 11.5. The summed E-state index contributed by atoms with van der Waals surface area (Å²) in [5.41, 5.74) is 8.31. The maximum atomic E-state index is 13.9. The lowest BCUT2D eigenvalue weighted by Crippen LogP contribution is -1.97. The van der Waals surface area contributed by atoms with Crippen LogP contribution in [0.3, 0.4) is 0 Å². The third kappa shape index (κ3) is 3.61. The Labute approximate surface area is 113 Å². The highest BCUT2D eigenvalue weighted by molar-refractivity contribution is 5.81. The number of ether oxygens (including phenoxy) is 1. The standard InChI is InChI=1S/C15H19FN2O/c1-5-13(16)12(8-10(2)19-4)11-6-7-15(18-3)14(17)9-11/h5-9,18H,1,17H2,2-4H3/b10-8+,13-12-. The zero-order valence-electron chi connectivity index (χ0n) is 11.5. The second-order valence-corrected chi connectivity index (χ2v) is 3.98. The molecule has 3 nitrogen and oxygen atoms in total. The highest BCUT2D eigenvalue weighted by Crippen LogP contribution is 2.28. The van der Waals surface area contributed by atoms with Crippen molar-refractivity contribution in [2.24, 2.45) is 0 Å². The highest BCUT2D eigenvalue weighted by atomic mass is 19.1. The smallest absolute Gasteiger partial charge is 0.130 e. The van der Waals surface area contributed by atoms with Crippen LogP contribution in [0.4, 0.5) is 15.8 Å². The van der Waals surface area contributed by atoms with E-state index in [-0.39, 0.29) is 0 Å². The van der Waals surface area contributed by atoms with Crippen LogP contribution in [0.2, 0.25) is 0 Å². The van der Waals surface area contributed by atoms with Crippen molar-refractivity contribution in [3.8, 4) is 0 Å². The van der Waals surface area contributed by atoms with Crippen molar-refractivity contribution in [3.63, 3.8) is 0 Å². The number of allylic oxidation sites excluding steroid dienone is 5. The maximum Gasteiger partial charge on any atom is 0.130 e. The van der Waals surface area contributed by atoms with E-state index in [2.05, 4.69) is 11.9 Å². The van der Waals surface area contributed by atoms with E-state index in [1.807, 2.05) is 0 Å². The molecular formula is C15H19FN2O. The predicted molar refractivity (Wildman–Crippen MR) is 79.4 cm³/mol. The first kappa shape index (κ1) is 14.8. The zero-order chi connectivity index (χ0) is 14.4. The van der Waals surface area contributed by atoms with Crippen LogP contribution in [0.1, 0.15) is 12.5 Å². The molecule has 0 amide bonds. The highest BCUT2D eigenvalue weighted by Gasteiger charge is 2.08. The van der Waals surface area contributed by atoms with Crippen LogP contribution < -0.4 is 11.1 Å². The average Bonchev–Trinajstić information content (AvgIpc) is 2.43. The first-order valence-electron chi connectivity index (χ1n) is 5.85. The van der Waals surface area contributed by atoms with Crippen LogP contribution in [0, 0.1) is 0 Å². The van der Waals surface area contributed by atoms with E-state index >= 15 is 0 Å². The van der Waals surface area contributed by atoms with Gasteiger partial charge < -0.3 is 15.8 Å². The van der Waals surface area contributed by atoms with Crippen molar-refractivity contribution < 1.29 is 9.13 Å². The molecule has 0 heterocycles. The van der Waals surface area contributed by atoms with Crippen molar-refractivity contribution in [1.82, 2.24) is 0 Å². The number of nitrogens with one attached hydrogen (secondary N) is 1. The number of anilines is 2. The Hall–Kier alpha value is -2.23. The molecule has 1 aromatic carbocycles. The molecule has 0 unspecified atom stereocenters.